The fraction of sp³-hybridized carbons (Fsp3) is 0. The maximum absolute atomic E-state index is 12.3. The van der Waals surface area contributed by atoms with Crippen LogP contribution < -0.4 is 5.32 Å². The van der Waals surface area contributed by atoms with Gasteiger partial charge in [0.2, 0.25) is 0 Å². The van der Waals surface area contributed by atoms with Crippen molar-refractivity contribution in [2.24, 2.45) is 0 Å². The van der Waals surface area contributed by atoms with E-state index in [9.17, 15) is 9.59 Å². The molecule has 0 atom stereocenters. The Balaban J connectivity index is 1.79. The largest absolute Gasteiger partial charge is 0.322 e. The van der Waals surface area contributed by atoms with E-state index >= 15 is 0 Å². The summed E-state index contributed by atoms with van der Waals surface area (Å²) in [4.78, 5) is 24.5. The molecule has 0 bridgehead atoms. The first kappa shape index (κ1) is 13.1. The summed E-state index contributed by atoms with van der Waals surface area (Å²) in [6, 6.07) is 18.1. The average Bonchev–Trinajstić information content (AvgIpc) is 2.48. The molecule has 0 fully saturated rings. The molecule has 0 saturated carbocycles. The van der Waals surface area contributed by atoms with Gasteiger partial charge in [-0.3, -0.25) is 9.59 Å². The minimum absolute atomic E-state index is 0.128. The Hall–Kier alpha value is -2.94. The predicted octanol–water partition coefficient (Wildman–Crippen LogP) is 3.37. The smallest absolute Gasteiger partial charge is 0.256 e. The van der Waals surface area contributed by atoms with Gasteiger partial charge in [-0.2, -0.15) is 0 Å². The van der Waals surface area contributed by atoms with Crippen LogP contribution in [0.1, 0.15) is 10.4 Å². The minimum atomic E-state index is -0.261. The number of rotatable bonds is 4. The highest BCUT2D eigenvalue weighted by Crippen LogP contribution is 2.24. The van der Waals surface area contributed by atoms with Gasteiger partial charge < -0.3 is 5.32 Å². The molecule has 0 radical (unpaired) electrons. The van der Waals surface area contributed by atoms with Crippen LogP contribution in [0.15, 0.2) is 84.0 Å². The zero-order valence-electron chi connectivity index (χ0n) is 11.2. The molecular weight excluding hydrogens is 262 g/mol. The van der Waals surface area contributed by atoms with Crippen LogP contribution in [0.5, 0.6) is 0 Å². The van der Waals surface area contributed by atoms with Gasteiger partial charge in [0.15, 0.2) is 5.78 Å². The van der Waals surface area contributed by atoms with E-state index in [0.29, 0.717) is 22.4 Å². The lowest BCUT2D eigenvalue weighted by molar-refractivity contribution is -0.112. The van der Waals surface area contributed by atoms with Gasteiger partial charge in [0.05, 0.1) is 5.57 Å². The van der Waals surface area contributed by atoms with E-state index in [4.69, 9.17) is 0 Å². The summed E-state index contributed by atoms with van der Waals surface area (Å²) < 4.78 is 0. The Kier molecular flexibility index (Phi) is 3.48. The number of allylic oxidation sites excluding steroid dienone is 2. The number of carbonyl (C=O) groups excluding carboxylic acids is 2. The Bertz CT molecular complexity index is 743. The van der Waals surface area contributed by atoms with Crippen LogP contribution in [0.2, 0.25) is 0 Å². The minimum Gasteiger partial charge on any atom is -0.322 e. The van der Waals surface area contributed by atoms with Crippen LogP contribution in [-0.2, 0) is 4.79 Å². The number of ketones is 1. The summed E-state index contributed by atoms with van der Waals surface area (Å²) in [5.74, 6) is -0.390. The van der Waals surface area contributed by atoms with Gasteiger partial charge in [-0.05, 0) is 24.3 Å². The van der Waals surface area contributed by atoms with Gasteiger partial charge in [-0.25, -0.2) is 0 Å². The Morgan fingerprint density at radius 1 is 0.714 bits per heavy atom. The van der Waals surface area contributed by atoms with E-state index in [1.54, 1.807) is 48.6 Å². The number of carbonyl (C=O) groups is 2. The highest BCUT2D eigenvalue weighted by atomic mass is 16.2. The Morgan fingerprint density at radius 3 is 1.86 bits per heavy atom. The van der Waals surface area contributed by atoms with Crippen molar-refractivity contribution < 1.29 is 9.59 Å². The van der Waals surface area contributed by atoms with E-state index < -0.39 is 0 Å². The first-order valence-corrected chi connectivity index (χ1v) is 6.64. The molecule has 2 aromatic rings. The number of amides is 1. The van der Waals surface area contributed by atoms with Crippen LogP contribution >= 0.6 is 0 Å². The van der Waals surface area contributed by atoms with Gasteiger partial charge >= 0.3 is 0 Å². The molecule has 1 aliphatic rings. The second-order valence-electron chi connectivity index (χ2n) is 4.68. The molecule has 0 spiro atoms. The van der Waals surface area contributed by atoms with Crippen LogP contribution in [-0.4, -0.2) is 11.7 Å². The molecule has 3 nitrogen and oxygen atoms in total. The number of hydrogen-bond donors (Lipinski definition) is 1. The first-order chi connectivity index (χ1) is 10.3. The normalized spacial score (nSPS) is 12.8. The average molecular weight is 275 g/mol. The maximum Gasteiger partial charge on any atom is 0.256 e. The van der Waals surface area contributed by atoms with Gasteiger partial charge in [-0.15, -0.1) is 0 Å². The number of anilines is 1. The maximum atomic E-state index is 12.3. The van der Waals surface area contributed by atoms with Crippen molar-refractivity contribution in [3.63, 3.8) is 0 Å². The quantitative estimate of drug-likeness (QED) is 0.869. The third-order valence-corrected chi connectivity index (χ3v) is 3.26. The number of nitrogens with one attached hydrogen (secondary N) is 1. The fourth-order valence-corrected chi connectivity index (χ4v) is 2.11. The second-order valence-corrected chi connectivity index (χ2v) is 4.68. The van der Waals surface area contributed by atoms with Gasteiger partial charge in [0.25, 0.3) is 5.91 Å². The summed E-state index contributed by atoms with van der Waals surface area (Å²) >= 11 is 0. The summed E-state index contributed by atoms with van der Waals surface area (Å²) in [6.45, 7) is 0. The molecular formula is C18H13NO2. The van der Waals surface area contributed by atoms with E-state index in [1.807, 2.05) is 24.3 Å². The Labute approximate surface area is 122 Å². The number of Topliss-reactive ketones (excluding diaryl/α,β-unsaturated/α-hetero) is 1. The molecule has 1 N–H and O–H groups in total. The van der Waals surface area contributed by atoms with E-state index in [1.165, 1.54) is 0 Å². The zero-order chi connectivity index (χ0) is 14.7. The van der Waals surface area contributed by atoms with Crippen molar-refractivity contribution in [2.45, 2.75) is 0 Å². The Morgan fingerprint density at radius 2 is 1.29 bits per heavy atom. The SMILES string of the molecule is O=C(Nc1ccccc1)C1=C(C(=O)c2ccccc2)C=C1. The van der Waals surface area contributed by atoms with E-state index in [-0.39, 0.29) is 11.7 Å². The second kappa shape index (κ2) is 5.59. The summed E-state index contributed by atoms with van der Waals surface area (Å²) in [5.41, 5.74) is 2.17. The molecule has 3 rings (SSSR count). The predicted molar refractivity (Wildman–Crippen MR) is 82.0 cm³/mol. The van der Waals surface area contributed by atoms with Crippen molar-refractivity contribution in [1.29, 1.82) is 0 Å². The monoisotopic (exact) mass is 275 g/mol. The van der Waals surface area contributed by atoms with Crippen molar-refractivity contribution in [3.8, 4) is 0 Å². The van der Waals surface area contributed by atoms with Crippen molar-refractivity contribution in [1.82, 2.24) is 0 Å². The molecule has 2 aromatic carbocycles. The van der Waals surface area contributed by atoms with Crippen LogP contribution in [0.25, 0.3) is 0 Å². The number of para-hydroxylation sites is 1. The molecule has 0 heterocycles. The van der Waals surface area contributed by atoms with Crippen molar-refractivity contribution in [3.05, 3.63) is 89.5 Å². The molecule has 0 unspecified atom stereocenters. The highest BCUT2D eigenvalue weighted by Gasteiger charge is 2.23. The molecule has 1 amide bonds. The fourth-order valence-electron chi connectivity index (χ4n) is 2.11. The molecule has 0 aromatic heterocycles. The highest BCUT2D eigenvalue weighted by molar-refractivity contribution is 6.20. The number of benzene rings is 2. The van der Waals surface area contributed by atoms with Crippen molar-refractivity contribution >= 4 is 17.4 Å². The van der Waals surface area contributed by atoms with Gasteiger partial charge in [0.1, 0.15) is 0 Å². The lowest BCUT2D eigenvalue weighted by Gasteiger charge is -2.15. The first-order valence-electron chi connectivity index (χ1n) is 6.64. The third-order valence-electron chi connectivity index (χ3n) is 3.26. The molecule has 0 aliphatic heterocycles. The van der Waals surface area contributed by atoms with E-state index in [2.05, 4.69) is 5.32 Å². The zero-order valence-corrected chi connectivity index (χ0v) is 11.2. The summed E-state index contributed by atoms with van der Waals surface area (Å²) in [6.07, 6.45) is 3.34. The van der Waals surface area contributed by atoms with Crippen LogP contribution in [0, 0.1) is 0 Å². The molecule has 0 saturated heterocycles. The lowest BCUT2D eigenvalue weighted by atomic mass is 9.90. The van der Waals surface area contributed by atoms with Crippen molar-refractivity contribution in [2.75, 3.05) is 5.32 Å². The standard InChI is InChI=1S/C18H13NO2/c20-17(13-7-3-1-4-8-13)15-11-12-16(15)18(21)19-14-9-5-2-6-10-14/h1-12H,(H,19,21). The third kappa shape index (κ3) is 2.67. The topological polar surface area (TPSA) is 46.2 Å². The number of hydrogen-bond acceptors (Lipinski definition) is 2. The van der Waals surface area contributed by atoms with Gasteiger partial charge in [-0.1, -0.05) is 48.5 Å². The molecule has 102 valence electrons. The molecule has 3 heteroatoms. The van der Waals surface area contributed by atoms with Crippen LogP contribution in [0.3, 0.4) is 0 Å². The molecule has 1 aliphatic carbocycles. The van der Waals surface area contributed by atoms with Gasteiger partial charge in [0, 0.05) is 16.8 Å². The van der Waals surface area contributed by atoms with E-state index in [0.717, 1.165) is 0 Å². The molecule has 21 heavy (non-hydrogen) atoms. The summed E-state index contributed by atoms with van der Waals surface area (Å²) in [7, 11) is 0. The van der Waals surface area contributed by atoms with Crippen LogP contribution in [0.4, 0.5) is 5.69 Å². The lowest BCUT2D eigenvalue weighted by Crippen LogP contribution is -2.21. The summed E-state index contributed by atoms with van der Waals surface area (Å²) in [5, 5.41) is 2.78.